The summed E-state index contributed by atoms with van der Waals surface area (Å²) in [5, 5.41) is 3.84. The second kappa shape index (κ2) is 7.61. The standard InChI is InChI=1S/C19H19FN2O2S/c1-12(13-7-8-16(24-2)14(20)11-13)21-18(23)9-10-19-22-15-5-3-4-6-17(15)25-19/h3-8,11-12H,9-10H2,1-2H3,(H,21,23). The molecule has 1 aromatic heterocycles. The van der Waals surface area contributed by atoms with Gasteiger partial charge in [-0.1, -0.05) is 18.2 Å². The Kier molecular flexibility index (Phi) is 5.28. The minimum atomic E-state index is -0.435. The van der Waals surface area contributed by atoms with Gasteiger partial charge < -0.3 is 10.1 Å². The molecule has 0 bridgehead atoms. The van der Waals surface area contributed by atoms with E-state index in [4.69, 9.17) is 4.74 Å². The van der Waals surface area contributed by atoms with E-state index in [0.29, 0.717) is 18.4 Å². The highest BCUT2D eigenvalue weighted by molar-refractivity contribution is 7.18. The van der Waals surface area contributed by atoms with Crippen LogP contribution in [0.1, 0.15) is 30.0 Å². The molecule has 3 rings (SSSR count). The summed E-state index contributed by atoms with van der Waals surface area (Å²) in [6.45, 7) is 1.83. The van der Waals surface area contributed by atoms with Crippen molar-refractivity contribution in [3.05, 3.63) is 58.9 Å². The van der Waals surface area contributed by atoms with Gasteiger partial charge in [0.2, 0.25) is 5.91 Å². The van der Waals surface area contributed by atoms with Crippen molar-refractivity contribution in [2.24, 2.45) is 0 Å². The number of fused-ring (bicyclic) bond motifs is 1. The van der Waals surface area contributed by atoms with E-state index in [-0.39, 0.29) is 17.7 Å². The fourth-order valence-electron chi connectivity index (χ4n) is 2.60. The van der Waals surface area contributed by atoms with Crippen LogP contribution in [-0.2, 0) is 11.2 Å². The normalized spacial score (nSPS) is 12.1. The Labute approximate surface area is 149 Å². The van der Waals surface area contributed by atoms with Gasteiger partial charge in [-0.2, -0.15) is 0 Å². The molecule has 130 valence electrons. The maximum atomic E-state index is 13.8. The van der Waals surface area contributed by atoms with Crippen molar-refractivity contribution >= 4 is 27.5 Å². The summed E-state index contributed by atoms with van der Waals surface area (Å²) in [5.41, 5.74) is 1.66. The predicted molar refractivity (Wildman–Crippen MR) is 97.5 cm³/mol. The number of hydrogen-bond donors (Lipinski definition) is 1. The van der Waals surface area contributed by atoms with Gasteiger partial charge in [0.15, 0.2) is 11.6 Å². The van der Waals surface area contributed by atoms with E-state index >= 15 is 0 Å². The molecule has 0 aliphatic heterocycles. The highest BCUT2D eigenvalue weighted by Gasteiger charge is 2.13. The van der Waals surface area contributed by atoms with Crippen molar-refractivity contribution in [2.75, 3.05) is 7.11 Å². The third kappa shape index (κ3) is 4.14. The third-order valence-electron chi connectivity index (χ3n) is 3.96. The minimum Gasteiger partial charge on any atom is -0.494 e. The summed E-state index contributed by atoms with van der Waals surface area (Å²) >= 11 is 1.61. The van der Waals surface area contributed by atoms with E-state index < -0.39 is 5.82 Å². The largest absolute Gasteiger partial charge is 0.494 e. The first-order chi connectivity index (χ1) is 12.1. The minimum absolute atomic E-state index is 0.0806. The van der Waals surface area contributed by atoms with E-state index in [2.05, 4.69) is 10.3 Å². The molecular formula is C19H19FN2O2S. The van der Waals surface area contributed by atoms with Crippen LogP contribution in [0.4, 0.5) is 4.39 Å². The molecular weight excluding hydrogens is 339 g/mol. The van der Waals surface area contributed by atoms with Crippen LogP contribution in [0.25, 0.3) is 10.2 Å². The number of carbonyl (C=O) groups excluding carboxylic acids is 1. The highest BCUT2D eigenvalue weighted by atomic mass is 32.1. The average molecular weight is 358 g/mol. The number of rotatable bonds is 6. The number of nitrogens with one attached hydrogen (secondary N) is 1. The molecule has 0 saturated heterocycles. The van der Waals surface area contributed by atoms with Gasteiger partial charge in [0.1, 0.15) is 0 Å². The molecule has 4 nitrogen and oxygen atoms in total. The quantitative estimate of drug-likeness (QED) is 0.716. The van der Waals surface area contributed by atoms with E-state index in [9.17, 15) is 9.18 Å². The lowest BCUT2D eigenvalue weighted by molar-refractivity contribution is -0.121. The molecule has 1 unspecified atom stereocenters. The number of nitrogens with zero attached hydrogens (tertiary/aromatic N) is 1. The van der Waals surface area contributed by atoms with Crippen molar-refractivity contribution in [3.8, 4) is 5.75 Å². The SMILES string of the molecule is COc1ccc(C(C)NC(=O)CCc2nc3ccccc3s2)cc1F. The fourth-order valence-corrected chi connectivity index (χ4v) is 3.56. The smallest absolute Gasteiger partial charge is 0.220 e. The van der Waals surface area contributed by atoms with Crippen LogP contribution in [0.5, 0.6) is 5.75 Å². The topological polar surface area (TPSA) is 51.2 Å². The number of aromatic nitrogens is 1. The van der Waals surface area contributed by atoms with Gasteiger partial charge in [0.05, 0.1) is 28.4 Å². The fraction of sp³-hybridized carbons (Fsp3) is 0.263. The molecule has 1 N–H and O–H groups in total. The van der Waals surface area contributed by atoms with Crippen molar-refractivity contribution < 1.29 is 13.9 Å². The van der Waals surface area contributed by atoms with E-state index in [1.165, 1.54) is 13.2 Å². The molecule has 3 aromatic rings. The van der Waals surface area contributed by atoms with Gasteiger partial charge in [-0.15, -0.1) is 11.3 Å². The highest BCUT2D eigenvalue weighted by Crippen LogP contribution is 2.23. The molecule has 25 heavy (non-hydrogen) atoms. The first kappa shape index (κ1) is 17.4. The Bertz CT molecular complexity index is 861. The summed E-state index contributed by atoms with van der Waals surface area (Å²) < 4.78 is 19.8. The van der Waals surface area contributed by atoms with E-state index in [1.54, 1.807) is 23.5 Å². The van der Waals surface area contributed by atoms with Crippen LogP contribution in [0, 0.1) is 5.82 Å². The predicted octanol–water partition coefficient (Wildman–Crippen LogP) is 4.25. The van der Waals surface area contributed by atoms with Crippen LogP contribution >= 0.6 is 11.3 Å². The molecule has 0 aliphatic rings. The molecule has 1 heterocycles. The lowest BCUT2D eigenvalue weighted by atomic mass is 10.1. The van der Waals surface area contributed by atoms with Gasteiger partial charge >= 0.3 is 0 Å². The maximum absolute atomic E-state index is 13.8. The summed E-state index contributed by atoms with van der Waals surface area (Å²) in [6, 6.07) is 12.3. The van der Waals surface area contributed by atoms with Crippen LogP contribution < -0.4 is 10.1 Å². The zero-order valence-corrected chi connectivity index (χ0v) is 14.9. The zero-order chi connectivity index (χ0) is 17.8. The zero-order valence-electron chi connectivity index (χ0n) is 14.1. The first-order valence-electron chi connectivity index (χ1n) is 8.04. The Morgan fingerprint density at radius 2 is 2.12 bits per heavy atom. The van der Waals surface area contributed by atoms with E-state index in [1.807, 2.05) is 31.2 Å². The summed E-state index contributed by atoms with van der Waals surface area (Å²) in [7, 11) is 1.42. The summed E-state index contributed by atoms with van der Waals surface area (Å²) in [4.78, 5) is 16.7. The number of hydrogen-bond acceptors (Lipinski definition) is 4. The molecule has 6 heteroatoms. The molecule has 0 saturated carbocycles. The maximum Gasteiger partial charge on any atom is 0.220 e. The molecule has 2 aromatic carbocycles. The molecule has 0 fully saturated rings. The molecule has 1 atom stereocenters. The number of thiazole rings is 1. The molecule has 0 spiro atoms. The number of ether oxygens (including phenoxy) is 1. The number of para-hydroxylation sites is 1. The second-order valence-corrected chi connectivity index (χ2v) is 6.87. The Morgan fingerprint density at radius 1 is 1.32 bits per heavy atom. The van der Waals surface area contributed by atoms with Gasteiger partial charge in [-0.05, 0) is 36.8 Å². The third-order valence-corrected chi connectivity index (χ3v) is 5.05. The number of benzene rings is 2. The van der Waals surface area contributed by atoms with Crippen molar-refractivity contribution in [2.45, 2.75) is 25.8 Å². The molecule has 0 radical (unpaired) electrons. The second-order valence-electron chi connectivity index (χ2n) is 5.76. The number of carbonyl (C=O) groups is 1. The van der Waals surface area contributed by atoms with Gasteiger partial charge in [-0.25, -0.2) is 9.37 Å². The first-order valence-corrected chi connectivity index (χ1v) is 8.85. The summed E-state index contributed by atoms with van der Waals surface area (Å²) in [5.74, 6) is -0.323. The Balaban J connectivity index is 1.57. The van der Waals surface area contributed by atoms with Crippen molar-refractivity contribution in [1.29, 1.82) is 0 Å². The summed E-state index contributed by atoms with van der Waals surface area (Å²) in [6.07, 6.45) is 0.942. The van der Waals surface area contributed by atoms with Gasteiger partial charge in [0.25, 0.3) is 0 Å². The Morgan fingerprint density at radius 3 is 2.84 bits per heavy atom. The van der Waals surface area contributed by atoms with Crippen molar-refractivity contribution in [3.63, 3.8) is 0 Å². The Hall–Kier alpha value is -2.47. The number of methoxy groups -OCH3 is 1. The average Bonchev–Trinajstić information content (AvgIpc) is 3.03. The van der Waals surface area contributed by atoms with E-state index in [0.717, 1.165) is 15.2 Å². The molecule has 0 aliphatic carbocycles. The lowest BCUT2D eigenvalue weighted by Gasteiger charge is -2.15. The van der Waals surface area contributed by atoms with Gasteiger partial charge in [0, 0.05) is 12.8 Å². The molecule has 1 amide bonds. The van der Waals surface area contributed by atoms with Gasteiger partial charge in [-0.3, -0.25) is 4.79 Å². The lowest BCUT2D eigenvalue weighted by Crippen LogP contribution is -2.26. The number of amides is 1. The van der Waals surface area contributed by atoms with Crippen molar-refractivity contribution in [1.82, 2.24) is 10.3 Å². The monoisotopic (exact) mass is 358 g/mol. The van der Waals surface area contributed by atoms with Crippen LogP contribution in [-0.4, -0.2) is 18.0 Å². The van der Waals surface area contributed by atoms with Crippen LogP contribution in [0.2, 0.25) is 0 Å². The number of halogens is 1. The van der Waals surface area contributed by atoms with Crippen LogP contribution in [0.15, 0.2) is 42.5 Å². The van der Waals surface area contributed by atoms with Crippen LogP contribution in [0.3, 0.4) is 0 Å². The number of aryl methyl sites for hydroxylation is 1.